The summed E-state index contributed by atoms with van der Waals surface area (Å²) >= 11 is 0. The summed E-state index contributed by atoms with van der Waals surface area (Å²) in [6, 6.07) is 8.16. The number of aryl methyl sites for hydroxylation is 2. The maximum Gasteiger partial charge on any atom is 0.132 e. The van der Waals surface area contributed by atoms with Gasteiger partial charge in [0, 0.05) is 30.6 Å². The van der Waals surface area contributed by atoms with Crippen LogP contribution in [0.3, 0.4) is 0 Å². The summed E-state index contributed by atoms with van der Waals surface area (Å²) in [5.74, 6) is 0.111. The van der Waals surface area contributed by atoms with Gasteiger partial charge < -0.3 is 4.74 Å². The lowest BCUT2D eigenvalue weighted by molar-refractivity contribution is 0.300. The first-order valence-electron chi connectivity index (χ1n) is 6.82. The van der Waals surface area contributed by atoms with Crippen molar-refractivity contribution in [3.05, 3.63) is 60.1 Å². The molecule has 0 amide bonds. The van der Waals surface area contributed by atoms with Crippen LogP contribution in [0.25, 0.3) is 11.3 Å². The highest BCUT2D eigenvalue weighted by Gasteiger charge is 2.11. The quantitative estimate of drug-likeness (QED) is 0.743. The van der Waals surface area contributed by atoms with Gasteiger partial charge in [-0.2, -0.15) is 5.10 Å². The molecule has 3 aromatic rings. The highest BCUT2D eigenvalue weighted by molar-refractivity contribution is 5.67. The second-order valence-corrected chi connectivity index (χ2v) is 4.92. The molecule has 5 nitrogen and oxygen atoms in total. The Morgan fingerprint density at radius 2 is 2.05 bits per heavy atom. The number of rotatable bonds is 4. The molecule has 22 heavy (non-hydrogen) atoms. The van der Waals surface area contributed by atoms with E-state index in [1.165, 1.54) is 18.5 Å². The van der Waals surface area contributed by atoms with Gasteiger partial charge in [0.1, 0.15) is 24.5 Å². The van der Waals surface area contributed by atoms with Crippen molar-refractivity contribution in [3.8, 4) is 17.0 Å². The van der Waals surface area contributed by atoms with Crippen LogP contribution in [-0.4, -0.2) is 19.7 Å². The minimum absolute atomic E-state index is 0.248. The molecule has 0 atom stereocenters. The second-order valence-electron chi connectivity index (χ2n) is 4.92. The summed E-state index contributed by atoms with van der Waals surface area (Å²) in [5, 5.41) is 4.13. The van der Waals surface area contributed by atoms with Crippen molar-refractivity contribution >= 4 is 0 Å². The number of halogens is 1. The van der Waals surface area contributed by atoms with Crippen molar-refractivity contribution in [3.63, 3.8) is 0 Å². The van der Waals surface area contributed by atoms with Gasteiger partial charge in [-0.15, -0.1) is 0 Å². The molecule has 2 heterocycles. The zero-order valence-electron chi connectivity index (χ0n) is 12.3. The Kier molecular flexibility index (Phi) is 3.82. The lowest BCUT2D eigenvalue weighted by Crippen LogP contribution is -2.02. The number of nitrogens with zero attached hydrogens (tertiary/aromatic N) is 4. The standard InChI is InChI=1S/C16H15FN4O/c1-11-7-13(19-10-18-11)9-22-16-8-12(17)3-4-14(16)15-5-6-20-21(15)2/h3-8,10H,9H2,1-2H3. The summed E-state index contributed by atoms with van der Waals surface area (Å²) in [6.45, 7) is 2.13. The predicted molar refractivity (Wildman–Crippen MR) is 79.7 cm³/mol. The Morgan fingerprint density at radius 3 is 2.77 bits per heavy atom. The minimum atomic E-state index is -0.347. The molecule has 0 radical (unpaired) electrons. The van der Waals surface area contributed by atoms with Crippen molar-refractivity contribution in [1.82, 2.24) is 19.7 Å². The van der Waals surface area contributed by atoms with Crippen molar-refractivity contribution in [1.29, 1.82) is 0 Å². The van der Waals surface area contributed by atoms with Gasteiger partial charge in [0.05, 0.1) is 11.4 Å². The topological polar surface area (TPSA) is 52.8 Å². The van der Waals surface area contributed by atoms with E-state index in [1.54, 1.807) is 16.9 Å². The fourth-order valence-corrected chi connectivity index (χ4v) is 2.21. The molecule has 0 aliphatic carbocycles. The molecule has 0 spiro atoms. The van der Waals surface area contributed by atoms with Crippen molar-refractivity contribution < 1.29 is 9.13 Å². The molecular weight excluding hydrogens is 283 g/mol. The summed E-state index contributed by atoms with van der Waals surface area (Å²) in [5.41, 5.74) is 3.24. The first kappa shape index (κ1) is 14.2. The number of aromatic nitrogens is 4. The lowest BCUT2D eigenvalue weighted by atomic mass is 10.1. The molecule has 6 heteroatoms. The first-order valence-corrected chi connectivity index (χ1v) is 6.82. The van der Waals surface area contributed by atoms with E-state index in [0.717, 1.165) is 22.6 Å². The monoisotopic (exact) mass is 298 g/mol. The molecule has 3 rings (SSSR count). The Hall–Kier alpha value is -2.76. The van der Waals surface area contributed by atoms with Crippen LogP contribution < -0.4 is 4.74 Å². The molecule has 112 valence electrons. The van der Waals surface area contributed by atoms with Crippen molar-refractivity contribution in [2.45, 2.75) is 13.5 Å². The molecule has 0 aliphatic heterocycles. The number of hydrogen-bond donors (Lipinski definition) is 0. The minimum Gasteiger partial charge on any atom is -0.486 e. The molecule has 0 bridgehead atoms. The normalized spacial score (nSPS) is 10.7. The van der Waals surface area contributed by atoms with E-state index in [4.69, 9.17) is 4.74 Å². The molecule has 0 N–H and O–H groups in total. The van der Waals surface area contributed by atoms with Crippen molar-refractivity contribution in [2.75, 3.05) is 0 Å². The smallest absolute Gasteiger partial charge is 0.132 e. The number of hydrogen-bond acceptors (Lipinski definition) is 4. The number of ether oxygens (including phenoxy) is 1. The molecule has 0 aliphatic rings. The Balaban J connectivity index is 1.90. The molecule has 0 unspecified atom stereocenters. The molecule has 0 saturated heterocycles. The molecule has 1 aromatic carbocycles. The van der Waals surface area contributed by atoms with Crippen molar-refractivity contribution in [2.24, 2.45) is 7.05 Å². The molecule has 2 aromatic heterocycles. The fraction of sp³-hybridized carbons (Fsp3) is 0.188. The molecular formula is C16H15FN4O. The summed E-state index contributed by atoms with van der Waals surface area (Å²) < 4.78 is 21.0. The zero-order valence-corrected chi connectivity index (χ0v) is 12.3. The van der Waals surface area contributed by atoms with E-state index in [-0.39, 0.29) is 12.4 Å². The van der Waals surface area contributed by atoms with Gasteiger partial charge in [-0.05, 0) is 31.2 Å². The van der Waals surface area contributed by atoms with Crippen LogP contribution >= 0.6 is 0 Å². The molecule has 0 saturated carbocycles. The van der Waals surface area contributed by atoms with Crippen LogP contribution in [0.15, 0.2) is 42.9 Å². The second kappa shape index (κ2) is 5.93. The number of benzene rings is 1. The van der Waals surface area contributed by atoms with Gasteiger partial charge in [-0.25, -0.2) is 14.4 Å². The van der Waals surface area contributed by atoms with E-state index in [1.807, 2.05) is 26.1 Å². The van der Waals surface area contributed by atoms with Gasteiger partial charge in [0.2, 0.25) is 0 Å². The predicted octanol–water partition coefficient (Wildman–Crippen LogP) is 2.90. The summed E-state index contributed by atoms with van der Waals surface area (Å²) in [6.07, 6.45) is 3.18. The largest absolute Gasteiger partial charge is 0.486 e. The highest BCUT2D eigenvalue weighted by atomic mass is 19.1. The van der Waals surface area contributed by atoms with Gasteiger partial charge in [0.15, 0.2) is 0 Å². The maximum absolute atomic E-state index is 13.6. The average Bonchev–Trinajstić information content (AvgIpc) is 2.91. The summed E-state index contributed by atoms with van der Waals surface area (Å²) in [4.78, 5) is 8.18. The fourth-order valence-electron chi connectivity index (χ4n) is 2.21. The zero-order chi connectivity index (χ0) is 15.5. The Labute approximate surface area is 127 Å². The Bertz CT molecular complexity index is 800. The molecule has 0 fully saturated rings. The van der Waals surface area contributed by atoms with E-state index in [0.29, 0.717) is 5.75 Å². The van der Waals surface area contributed by atoms with E-state index in [9.17, 15) is 4.39 Å². The lowest BCUT2D eigenvalue weighted by Gasteiger charge is -2.12. The van der Waals surface area contributed by atoms with Gasteiger partial charge >= 0.3 is 0 Å². The Morgan fingerprint density at radius 1 is 1.18 bits per heavy atom. The van der Waals surface area contributed by atoms with E-state index in [2.05, 4.69) is 15.1 Å². The van der Waals surface area contributed by atoms with Crippen LogP contribution in [0.5, 0.6) is 5.75 Å². The van der Waals surface area contributed by atoms with Gasteiger partial charge in [0.25, 0.3) is 0 Å². The SMILES string of the molecule is Cc1cc(COc2cc(F)ccc2-c2ccnn2C)ncn1. The van der Waals surface area contributed by atoms with E-state index < -0.39 is 0 Å². The van der Waals surface area contributed by atoms with Gasteiger partial charge in [-0.3, -0.25) is 4.68 Å². The third-order valence-electron chi connectivity index (χ3n) is 3.28. The highest BCUT2D eigenvalue weighted by Crippen LogP contribution is 2.30. The third kappa shape index (κ3) is 2.95. The van der Waals surface area contributed by atoms with Crippen LogP contribution in [0.2, 0.25) is 0 Å². The van der Waals surface area contributed by atoms with Crippen LogP contribution in [0.1, 0.15) is 11.4 Å². The average molecular weight is 298 g/mol. The third-order valence-corrected chi connectivity index (χ3v) is 3.28. The maximum atomic E-state index is 13.6. The van der Waals surface area contributed by atoms with Crippen LogP contribution in [-0.2, 0) is 13.7 Å². The van der Waals surface area contributed by atoms with Crippen LogP contribution in [0, 0.1) is 12.7 Å². The first-order chi connectivity index (χ1) is 10.6. The van der Waals surface area contributed by atoms with E-state index >= 15 is 0 Å². The summed E-state index contributed by atoms with van der Waals surface area (Å²) in [7, 11) is 1.83. The van der Waals surface area contributed by atoms with Gasteiger partial charge in [-0.1, -0.05) is 0 Å². The van der Waals surface area contributed by atoms with Crippen LogP contribution in [0.4, 0.5) is 4.39 Å².